The van der Waals surface area contributed by atoms with Crippen LogP contribution in [-0.2, 0) is 10.0 Å². The Morgan fingerprint density at radius 1 is 1.06 bits per heavy atom. The molecule has 1 aromatic heterocycles. The van der Waals surface area contributed by atoms with Gasteiger partial charge in [0.15, 0.2) is 0 Å². The number of likely N-dealkylation sites (tertiary alicyclic amines) is 1. The number of hydrogen-bond donors (Lipinski definition) is 1. The van der Waals surface area contributed by atoms with Gasteiger partial charge in [0.2, 0.25) is 5.82 Å². The summed E-state index contributed by atoms with van der Waals surface area (Å²) in [4.78, 5) is 18.6. The third-order valence-corrected chi connectivity index (χ3v) is 6.86. The zero-order valence-corrected chi connectivity index (χ0v) is 18.4. The highest BCUT2D eigenvalue weighted by Gasteiger charge is 2.24. The Morgan fingerprint density at radius 3 is 2.44 bits per heavy atom. The topological polar surface area (TPSA) is 105 Å². The Morgan fingerprint density at radius 2 is 1.75 bits per heavy atom. The van der Waals surface area contributed by atoms with E-state index in [4.69, 9.17) is 4.52 Å². The molecule has 10 heteroatoms. The lowest BCUT2D eigenvalue weighted by Gasteiger charge is -2.17. The van der Waals surface area contributed by atoms with E-state index in [9.17, 15) is 17.6 Å². The second-order valence-corrected chi connectivity index (χ2v) is 9.37. The summed E-state index contributed by atoms with van der Waals surface area (Å²) in [6, 6.07) is 9.73. The number of carbonyl (C=O) groups is 1. The lowest BCUT2D eigenvalue weighted by atomic mass is 10.1. The maximum atomic E-state index is 13.1. The number of anilines is 1. The van der Waals surface area contributed by atoms with Crippen LogP contribution in [0.4, 0.5) is 10.1 Å². The molecule has 32 heavy (non-hydrogen) atoms. The molecule has 1 aliphatic heterocycles. The third kappa shape index (κ3) is 4.80. The van der Waals surface area contributed by atoms with Gasteiger partial charge in [-0.15, -0.1) is 0 Å². The summed E-state index contributed by atoms with van der Waals surface area (Å²) in [5, 5.41) is 3.88. The van der Waals surface area contributed by atoms with Crippen molar-refractivity contribution in [2.24, 2.45) is 0 Å². The van der Waals surface area contributed by atoms with E-state index in [0.29, 0.717) is 24.2 Å². The van der Waals surface area contributed by atoms with Crippen LogP contribution >= 0.6 is 0 Å². The highest BCUT2D eigenvalue weighted by molar-refractivity contribution is 7.92. The Hall–Kier alpha value is -3.27. The lowest BCUT2D eigenvalue weighted by Crippen LogP contribution is -2.32. The minimum atomic E-state index is -3.95. The summed E-state index contributed by atoms with van der Waals surface area (Å²) in [7, 11) is -3.95. The Labute approximate surface area is 185 Å². The number of hydrogen-bond acceptors (Lipinski definition) is 6. The molecule has 1 N–H and O–H groups in total. The fourth-order valence-electron chi connectivity index (χ4n) is 3.59. The number of nitrogens with one attached hydrogen (secondary N) is 1. The maximum Gasteiger partial charge on any atom is 0.316 e. The molecule has 3 aromatic rings. The minimum absolute atomic E-state index is 0.0181. The van der Waals surface area contributed by atoms with Gasteiger partial charge in [-0.3, -0.25) is 9.52 Å². The van der Waals surface area contributed by atoms with Crippen LogP contribution < -0.4 is 4.72 Å². The highest BCUT2D eigenvalue weighted by atomic mass is 32.2. The summed E-state index contributed by atoms with van der Waals surface area (Å²) in [5.74, 6) is -0.768. The number of amides is 1. The molecule has 1 fully saturated rings. The molecule has 168 valence electrons. The van der Waals surface area contributed by atoms with E-state index in [1.165, 1.54) is 30.3 Å². The quantitative estimate of drug-likeness (QED) is 0.620. The van der Waals surface area contributed by atoms with Crippen molar-refractivity contribution in [3.63, 3.8) is 0 Å². The molecule has 1 amide bonds. The Kier molecular flexibility index (Phi) is 6.22. The SMILES string of the molecule is Cc1ccc(-c2noc(C(=O)N3CCCCCC3)n2)cc1S(=O)(=O)Nc1ccc(F)cc1. The summed E-state index contributed by atoms with van der Waals surface area (Å²) in [5.41, 5.74) is 1.14. The fraction of sp³-hybridized carbons (Fsp3) is 0.318. The fourth-order valence-corrected chi connectivity index (χ4v) is 4.92. The Balaban J connectivity index is 1.59. The van der Waals surface area contributed by atoms with Gasteiger partial charge in [0.1, 0.15) is 5.82 Å². The van der Waals surface area contributed by atoms with E-state index in [1.807, 2.05) is 0 Å². The number of halogens is 1. The van der Waals surface area contributed by atoms with Gasteiger partial charge in [-0.25, -0.2) is 12.8 Å². The van der Waals surface area contributed by atoms with Crippen LogP contribution in [0.3, 0.4) is 0 Å². The van der Waals surface area contributed by atoms with Crippen LogP contribution in [0.2, 0.25) is 0 Å². The molecule has 0 atom stereocenters. The van der Waals surface area contributed by atoms with Crippen LogP contribution in [0, 0.1) is 12.7 Å². The van der Waals surface area contributed by atoms with Crippen LogP contribution in [0.1, 0.15) is 41.9 Å². The van der Waals surface area contributed by atoms with E-state index in [0.717, 1.165) is 25.7 Å². The molecule has 2 heterocycles. The number of nitrogens with zero attached hydrogens (tertiary/aromatic N) is 3. The van der Waals surface area contributed by atoms with Gasteiger partial charge in [-0.1, -0.05) is 30.1 Å². The molecule has 0 unspecified atom stereocenters. The van der Waals surface area contributed by atoms with Crippen molar-refractivity contribution < 1.29 is 22.1 Å². The molecule has 0 bridgehead atoms. The van der Waals surface area contributed by atoms with E-state index in [2.05, 4.69) is 14.9 Å². The van der Waals surface area contributed by atoms with Crippen molar-refractivity contribution in [2.45, 2.75) is 37.5 Å². The second kappa shape index (κ2) is 9.07. The maximum absolute atomic E-state index is 13.1. The van der Waals surface area contributed by atoms with E-state index >= 15 is 0 Å². The number of benzene rings is 2. The monoisotopic (exact) mass is 458 g/mol. The van der Waals surface area contributed by atoms with Gasteiger partial charge in [0.25, 0.3) is 10.0 Å². The standard InChI is InChI=1S/C22H23FN4O4S/c1-15-6-7-16(14-19(15)32(29,30)26-18-10-8-17(23)9-11-18)20-24-21(31-25-20)22(28)27-12-4-2-3-5-13-27/h6-11,14,26H,2-5,12-13H2,1H3. The summed E-state index contributed by atoms with van der Waals surface area (Å²) in [6.45, 7) is 2.96. The number of aryl methyl sites for hydroxylation is 1. The molecule has 2 aromatic carbocycles. The van der Waals surface area contributed by atoms with Crippen molar-refractivity contribution in [3.05, 3.63) is 59.7 Å². The van der Waals surface area contributed by atoms with Gasteiger partial charge in [0, 0.05) is 24.3 Å². The first-order valence-corrected chi connectivity index (χ1v) is 11.8. The minimum Gasteiger partial charge on any atom is -0.334 e. The predicted molar refractivity (Wildman–Crippen MR) is 116 cm³/mol. The van der Waals surface area contributed by atoms with Gasteiger partial charge >= 0.3 is 11.8 Å². The average Bonchev–Trinajstić information content (AvgIpc) is 3.10. The third-order valence-electron chi connectivity index (χ3n) is 5.33. The first kappa shape index (κ1) is 21.9. The van der Waals surface area contributed by atoms with Crippen LogP contribution in [0.25, 0.3) is 11.4 Å². The highest BCUT2D eigenvalue weighted by Crippen LogP contribution is 2.26. The number of sulfonamides is 1. The average molecular weight is 459 g/mol. The number of rotatable bonds is 5. The molecule has 4 rings (SSSR count). The molecular formula is C22H23FN4O4S. The van der Waals surface area contributed by atoms with Crippen LogP contribution in [-0.4, -0.2) is 42.5 Å². The van der Waals surface area contributed by atoms with E-state index in [-0.39, 0.29) is 28.2 Å². The summed E-state index contributed by atoms with van der Waals surface area (Å²) in [6.07, 6.45) is 4.05. The zero-order chi connectivity index (χ0) is 22.7. The zero-order valence-electron chi connectivity index (χ0n) is 17.5. The lowest BCUT2D eigenvalue weighted by molar-refractivity contribution is 0.0711. The number of carbonyl (C=O) groups excluding carboxylic acids is 1. The molecular weight excluding hydrogens is 435 g/mol. The molecule has 8 nitrogen and oxygen atoms in total. The van der Waals surface area contributed by atoms with Gasteiger partial charge in [-0.05, 0) is 55.7 Å². The van der Waals surface area contributed by atoms with Crippen molar-refractivity contribution in [3.8, 4) is 11.4 Å². The molecule has 0 saturated carbocycles. The van der Waals surface area contributed by atoms with Crippen molar-refractivity contribution >= 4 is 21.6 Å². The summed E-state index contributed by atoms with van der Waals surface area (Å²) < 4.78 is 46.6. The van der Waals surface area contributed by atoms with Crippen molar-refractivity contribution in [1.82, 2.24) is 15.0 Å². The first-order chi connectivity index (χ1) is 15.3. The molecule has 0 aliphatic carbocycles. The first-order valence-electron chi connectivity index (χ1n) is 10.4. The Bertz CT molecular complexity index is 1220. The predicted octanol–water partition coefficient (Wildman–Crippen LogP) is 4.00. The molecule has 1 saturated heterocycles. The van der Waals surface area contributed by atoms with Gasteiger partial charge < -0.3 is 9.42 Å². The molecule has 0 radical (unpaired) electrons. The van der Waals surface area contributed by atoms with Gasteiger partial charge in [-0.2, -0.15) is 4.98 Å². The normalized spacial score (nSPS) is 14.8. The largest absolute Gasteiger partial charge is 0.334 e. The van der Waals surface area contributed by atoms with Crippen molar-refractivity contribution in [1.29, 1.82) is 0 Å². The molecule has 1 aliphatic rings. The van der Waals surface area contributed by atoms with Crippen LogP contribution in [0.5, 0.6) is 0 Å². The van der Waals surface area contributed by atoms with Gasteiger partial charge in [0.05, 0.1) is 4.90 Å². The van der Waals surface area contributed by atoms with E-state index < -0.39 is 15.8 Å². The smallest absolute Gasteiger partial charge is 0.316 e. The molecule has 0 spiro atoms. The summed E-state index contributed by atoms with van der Waals surface area (Å²) >= 11 is 0. The van der Waals surface area contributed by atoms with E-state index in [1.54, 1.807) is 24.0 Å². The number of aromatic nitrogens is 2. The van der Waals surface area contributed by atoms with Crippen molar-refractivity contribution in [2.75, 3.05) is 17.8 Å². The second-order valence-electron chi connectivity index (χ2n) is 7.72. The van der Waals surface area contributed by atoms with Crippen LogP contribution in [0.15, 0.2) is 51.9 Å².